The number of anilines is 1. The summed E-state index contributed by atoms with van der Waals surface area (Å²) < 4.78 is 19.0. The third-order valence-electron chi connectivity index (χ3n) is 6.74. The van der Waals surface area contributed by atoms with E-state index in [2.05, 4.69) is 10.7 Å². The molecule has 2 aromatic rings. The first-order chi connectivity index (χ1) is 16.2. The number of nitrogens with one attached hydrogen (secondary N) is 2. The Bertz CT molecular complexity index is 1020. The van der Waals surface area contributed by atoms with Gasteiger partial charge in [-0.2, -0.15) is 0 Å². The van der Waals surface area contributed by atoms with Crippen molar-refractivity contribution in [2.75, 3.05) is 25.3 Å². The van der Waals surface area contributed by atoms with Crippen LogP contribution in [0.3, 0.4) is 0 Å². The van der Waals surface area contributed by atoms with Crippen LogP contribution >= 0.6 is 0 Å². The third kappa shape index (κ3) is 4.52. The fraction of sp³-hybridized carbons (Fsp3) is 0.462. The van der Waals surface area contributed by atoms with Gasteiger partial charge >= 0.3 is 5.97 Å². The van der Waals surface area contributed by atoms with Gasteiger partial charge in [0.05, 0.1) is 12.3 Å². The van der Waals surface area contributed by atoms with Crippen LogP contribution < -0.4 is 15.8 Å². The van der Waals surface area contributed by atoms with E-state index in [1.807, 2.05) is 38.1 Å². The van der Waals surface area contributed by atoms with Gasteiger partial charge in [0.1, 0.15) is 11.4 Å². The van der Waals surface area contributed by atoms with Crippen molar-refractivity contribution >= 4 is 17.6 Å². The Hall–Kier alpha value is -2.97. The second-order valence-electron chi connectivity index (χ2n) is 9.00. The summed E-state index contributed by atoms with van der Waals surface area (Å²) >= 11 is 0. The quantitative estimate of drug-likeness (QED) is 0.457. The van der Waals surface area contributed by atoms with Crippen molar-refractivity contribution in [3.05, 3.63) is 65.5 Å². The Morgan fingerprint density at radius 2 is 1.94 bits per heavy atom. The van der Waals surface area contributed by atoms with Crippen LogP contribution in [0.1, 0.15) is 44.2 Å². The summed E-state index contributed by atoms with van der Waals surface area (Å²) in [7, 11) is 1.54. The average Bonchev–Trinajstić information content (AvgIpc) is 3.09. The molecular weight excluding hydrogens is 437 g/mol. The van der Waals surface area contributed by atoms with E-state index < -0.39 is 28.8 Å². The van der Waals surface area contributed by atoms with Crippen LogP contribution in [0.2, 0.25) is 0 Å². The standard InChI is InChI=1S/C26H34FN3O4/c1-5-6-10-22-25(3,24(32)33)30(21-9-7-8-18(2)17-21)29-26(22,23(31)28-15-16-34-4)19-11-13-20(27)14-12-19/h7-9,11-14,17,22,29H,5-6,10,15-16H2,1-4H3,(H,28,31)(H,32,33). The number of hydrogen-bond acceptors (Lipinski definition) is 5. The van der Waals surface area contributed by atoms with Gasteiger partial charge in [0.25, 0.3) is 0 Å². The van der Waals surface area contributed by atoms with Crippen LogP contribution in [0.25, 0.3) is 0 Å². The molecule has 184 valence electrons. The molecule has 1 heterocycles. The van der Waals surface area contributed by atoms with Crippen molar-refractivity contribution in [2.45, 2.75) is 51.1 Å². The summed E-state index contributed by atoms with van der Waals surface area (Å²) in [5.41, 5.74) is 2.52. The summed E-state index contributed by atoms with van der Waals surface area (Å²) in [6.07, 6.45) is 2.04. The molecule has 34 heavy (non-hydrogen) atoms. The Morgan fingerprint density at radius 3 is 2.53 bits per heavy atom. The van der Waals surface area contributed by atoms with Crippen molar-refractivity contribution < 1.29 is 23.8 Å². The average molecular weight is 472 g/mol. The fourth-order valence-corrected chi connectivity index (χ4v) is 4.92. The van der Waals surface area contributed by atoms with Gasteiger partial charge in [0.2, 0.25) is 5.91 Å². The molecule has 0 aromatic heterocycles. The maximum atomic E-state index is 13.9. The maximum Gasteiger partial charge on any atom is 0.331 e. The molecule has 1 aliphatic heterocycles. The molecule has 1 amide bonds. The minimum Gasteiger partial charge on any atom is -0.479 e. The van der Waals surface area contributed by atoms with E-state index in [0.29, 0.717) is 24.3 Å². The van der Waals surface area contributed by atoms with E-state index in [-0.39, 0.29) is 12.5 Å². The zero-order valence-corrected chi connectivity index (χ0v) is 20.2. The predicted octanol–water partition coefficient (Wildman–Crippen LogP) is 3.77. The molecule has 0 aliphatic carbocycles. The number of carbonyl (C=O) groups is 2. The van der Waals surface area contributed by atoms with Gasteiger partial charge < -0.3 is 15.2 Å². The van der Waals surface area contributed by atoms with E-state index in [1.54, 1.807) is 31.2 Å². The number of nitrogens with zero attached hydrogens (tertiary/aromatic N) is 1. The number of methoxy groups -OCH3 is 1. The second-order valence-corrected chi connectivity index (χ2v) is 9.00. The minimum absolute atomic E-state index is 0.259. The van der Waals surface area contributed by atoms with E-state index in [9.17, 15) is 19.1 Å². The van der Waals surface area contributed by atoms with Gasteiger partial charge in [-0.25, -0.2) is 14.6 Å². The number of hydrogen-bond donors (Lipinski definition) is 3. The largest absolute Gasteiger partial charge is 0.479 e. The SMILES string of the molecule is CCCCC1C(C(=O)NCCOC)(c2ccc(F)cc2)NN(c2cccc(C)c2)C1(C)C(=O)O. The summed E-state index contributed by atoms with van der Waals surface area (Å²) in [5, 5.41) is 15.1. The van der Waals surface area contributed by atoms with Crippen molar-refractivity contribution in [1.29, 1.82) is 0 Å². The van der Waals surface area contributed by atoms with Gasteiger partial charge in [-0.05, 0) is 55.7 Å². The van der Waals surface area contributed by atoms with Gasteiger partial charge in [-0.15, -0.1) is 0 Å². The number of ether oxygens (including phenoxy) is 1. The van der Waals surface area contributed by atoms with Gasteiger partial charge in [-0.1, -0.05) is 44.0 Å². The Kier molecular flexibility index (Phi) is 7.94. The van der Waals surface area contributed by atoms with Crippen LogP contribution in [0, 0.1) is 18.7 Å². The Balaban J connectivity index is 2.26. The number of aryl methyl sites for hydroxylation is 1. The molecule has 8 heteroatoms. The molecule has 0 radical (unpaired) electrons. The molecule has 7 nitrogen and oxygen atoms in total. The van der Waals surface area contributed by atoms with Crippen LogP contribution in [-0.4, -0.2) is 42.8 Å². The number of rotatable bonds is 10. The number of unbranched alkanes of at least 4 members (excludes halogenated alkanes) is 1. The maximum absolute atomic E-state index is 13.9. The van der Waals surface area contributed by atoms with Crippen LogP contribution in [0.15, 0.2) is 48.5 Å². The minimum atomic E-state index is -1.46. The highest BCUT2D eigenvalue weighted by atomic mass is 19.1. The van der Waals surface area contributed by atoms with Crippen molar-refractivity contribution in [3.8, 4) is 0 Å². The van der Waals surface area contributed by atoms with Gasteiger partial charge in [0, 0.05) is 19.6 Å². The zero-order valence-electron chi connectivity index (χ0n) is 20.2. The summed E-state index contributed by atoms with van der Waals surface area (Å²) in [4.78, 5) is 26.8. The lowest BCUT2D eigenvalue weighted by Gasteiger charge is -2.37. The van der Waals surface area contributed by atoms with Crippen LogP contribution in [-0.2, 0) is 19.9 Å². The molecule has 3 unspecified atom stereocenters. The number of aliphatic carboxylic acids is 1. The van der Waals surface area contributed by atoms with E-state index in [1.165, 1.54) is 12.1 Å². The molecule has 3 atom stereocenters. The van der Waals surface area contributed by atoms with Crippen LogP contribution in [0.5, 0.6) is 0 Å². The normalized spacial score (nSPS) is 24.3. The monoisotopic (exact) mass is 471 g/mol. The number of halogens is 1. The number of carboxylic acids is 1. The van der Waals surface area contributed by atoms with E-state index >= 15 is 0 Å². The van der Waals surface area contributed by atoms with Crippen molar-refractivity contribution in [1.82, 2.24) is 10.7 Å². The molecule has 0 saturated carbocycles. The summed E-state index contributed by atoms with van der Waals surface area (Å²) in [6.45, 7) is 6.17. The molecule has 1 saturated heterocycles. The highest BCUT2D eigenvalue weighted by Gasteiger charge is 2.66. The van der Waals surface area contributed by atoms with Crippen LogP contribution in [0.4, 0.5) is 10.1 Å². The number of amides is 1. The molecular formula is C26H34FN3O4. The molecule has 1 aliphatic rings. The fourth-order valence-electron chi connectivity index (χ4n) is 4.92. The Labute approximate surface area is 200 Å². The molecule has 3 N–H and O–H groups in total. The molecule has 0 spiro atoms. The summed E-state index contributed by atoms with van der Waals surface area (Å²) in [6, 6.07) is 13.2. The lowest BCUT2D eigenvalue weighted by Crippen LogP contribution is -2.57. The first-order valence-corrected chi connectivity index (χ1v) is 11.6. The first-order valence-electron chi connectivity index (χ1n) is 11.6. The molecule has 0 bridgehead atoms. The lowest BCUT2D eigenvalue weighted by atomic mass is 9.68. The number of carboxylic acid groups (broad SMARTS) is 1. The number of benzene rings is 2. The number of carbonyl (C=O) groups excluding carboxylic acids is 1. The van der Waals surface area contributed by atoms with Gasteiger partial charge in [-0.3, -0.25) is 9.80 Å². The highest BCUT2D eigenvalue weighted by molar-refractivity contribution is 5.94. The van der Waals surface area contributed by atoms with Crippen molar-refractivity contribution in [3.63, 3.8) is 0 Å². The van der Waals surface area contributed by atoms with Gasteiger partial charge in [0.15, 0.2) is 5.54 Å². The predicted molar refractivity (Wildman–Crippen MR) is 129 cm³/mol. The van der Waals surface area contributed by atoms with E-state index in [0.717, 1.165) is 18.4 Å². The zero-order chi connectivity index (χ0) is 24.9. The topological polar surface area (TPSA) is 90.9 Å². The second kappa shape index (κ2) is 10.5. The first kappa shape index (κ1) is 25.6. The van der Waals surface area contributed by atoms with E-state index in [4.69, 9.17) is 4.74 Å². The molecule has 2 aromatic carbocycles. The number of hydrazine groups is 1. The smallest absolute Gasteiger partial charge is 0.331 e. The highest BCUT2D eigenvalue weighted by Crippen LogP contribution is 2.50. The summed E-state index contributed by atoms with van der Waals surface area (Å²) in [5.74, 6) is -2.51. The third-order valence-corrected chi connectivity index (χ3v) is 6.74. The van der Waals surface area contributed by atoms with Crippen molar-refractivity contribution in [2.24, 2.45) is 5.92 Å². The molecule has 3 rings (SSSR count). The lowest BCUT2D eigenvalue weighted by molar-refractivity contribution is -0.145. The molecule has 1 fully saturated rings. The Morgan fingerprint density at radius 1 is 1.24 bits per heavy atom.